The van der Waals surface area contributed by atoms with Gasteiger partial charge in [-0.15, -0.1) is 0 Å². The molecule has 0 spiro atoms. The van der Waals surface area contributed by atoms with Gasteiger partial charge in [-0.25, -0.2) is 4.79 Å². The predicted octanol–water partition coefficient (Wildman–Crippen LogP) is 5.94. The fraction of sp³-hybridized carbons (Fsp3) is 0.276. The standard InChI is InChI=1S/C29H28O7/c1-29(2,3)36-26(32)10-6-7-15-34-28(33)21-9-5-4-8-20(21)27-22-13-11-18(30)16-24(22)35-25-17-19(31)12-14-23(25)27/h4-5,8-9,11-14,16-17,30H,6-7,10,15H2,1-3H3. The Labute approximate surface area is 208 Å². The highest BCUT2D eigenvalue weighted by Gasteiger charge is 2.22. The minimum absolute atomic E-state index is 0.0221. The molecule has 0 amide bonds. The van der Waals surface area contributed by atoms with E-state index >= 15 is 0 Å². The van der Waals surface area contributed by atoms with Crippen molar-refractivity contribution in [2.24, 2.45) is 0 Å². The molecule has 0 radical (unpaired) electrons. The van der Waals surface area contributed by atoms with Crippen LogP contribution in [0.2, 0.25) is 0 Å². The number of benzene rings is 3. The van der Waals surface area contributed by atoms with Crippen molar-refractivity contribution in [3.8, 4) is 28.2 Å². The van der Waals surface area contributed by atoms with E-state index in [4.69, 9.17) is 13.9 Å². The molecule has 0 aromatic heterocycles. The smallest absolute Gasteiger partial charge is 0.338 e. The number of carbonyl (C=O) groups excluding carboxylic acids is 2. The lowest BCUT2D eigenvalue weighted by molar-refractivity contribution is -0.154. The maximum atomic E-state index is 13.1. The van der Waals surface area contributed by atoms with E-state index in [0.29, 0.717) is 51.8 Å². The predicted molar refractivity (Wildman–Crippen MR) is 136 cm³/mol. The summed E-state index contributed by atoms with van der Waals surface area (Å²) in [5, 5.41) is 10.6. The van der Waals surface area contributed by atoms with Gasteiger partial charge in [-0.2, -0.15) is 0 Å². The van der Waals surface area contributed by atoms with Crippen molar-refractivity contribution in [3.63, 3.8) is 0 Å². The van der Waals surface area contributed by atoms with E-state index in [1.807, 2.05) is 32.9 Å². The summed E-state index contributed by atoms with van der Waals surface area (Å²) in [5.74, 6) is -0.404. The number of phenols is 1. The molecular formula is C29H28O7. The fourth-order valence-electron chi connectivity index (χ4n) is 4.04. The Bertz CT molecular complexity index is 1440. The van der Waals surface area contributed by atoms with E-state index in [1.165, 1.54) is 18.2 Å². The molecule has 0 fully saturated rings. The van der Waals surface area contributed by atoms with Crippen LogP contribution in [0.4, 0.5) is 0 Å². The lowest BCUT2D eigenvalue weighted by atomic mass is 9.91. The van der Waals surface area contributed by atoms with E-state index < -0.39 is 11.6 Å². The van der Waals surface area contributed by atoms with Gasteiger partial charge in [-0.3, -0.25) is 9.59 Å². The number of unbranched alkanes of at least 4 members (excludes halogenated alkanes) is 1. The Morgan fingerprint density at radius 1 is 0.944 bits per heavy atom. The van der Waals surface area contributed by atoms with Crippen LogP contribution in [-0.2, 0) is 14.3 Å². The Balaban J connectivity index is 1.59. The van der Waals surface area contributed by atoms with E-state index in [1.54, 1.807) is 30.3 Å². The van der Waals surface area contributed by atoms with Gasteiger partial charge in [0.15, 0.2) is 5.43 Å². The molecule has 1 N–H and O–H groups in total. The van der Waals surface area contributed by atoms with Gasteiger partial charge in [0, 0.05) is 35.1 Å². The summed E-state index contributed by atoms with van der Waals surface area (Å²) >= 11 is 0. The highest BCUT2D eigenvalue weighted by Crippen LogP contribution is 2.41. The number of esters is 2. The second kappa shape index (κ2) is 10.2. The maximum Gasteiger partial charge on any atom is 0.338 e. The van der Waals surface area contributed by atoms with Crippen molar-refractivity contribution in [2.45, 2.75) is 45.6 Å². The first-order chi connectivity index (χ1) is 17.1. The summed E-state index contributed by atoms with van der Waals surface area (Å²) < 4.78 is 16.7. The SMILES string of the molecule is CC(C)(C)OC(=O)CCCCOC(=O)c1ccccc1-c1c2ccc(=O)cc-2oc2cc(O)ccc12. The molecule has 4 rings (SSSR count). The largest absolute Gasteiger partial charge is 0.508 e. The first-order valence-electron chi connectivity index (χ1n) is 11.8. The number of ether oxygens (including phenoxy) is 2. The van der Waals surface area contributed by atoms with Gasteiger partial charge in [-0.1, -0.05) is 18.2 Å². The molecular weight excluding hydrogens is 460 g/mol. The average molecular weight is 489 g/mol. The van der Waals surface area contributed by atoms with Gasteiger partial charge >= 0.3 is 11.9 Å². The summed E-state index contributed by atoms with van der Waals surface area (Å²) in [6.07, 6.45) is 1.32. The van der Waals surface area contributed by atoms with E-state index in [2.05, 4.69) is 0 Å². The third-order valence-electron chi connectivity index (χ3n) is 5.52. The van der Waals surface area contributed by atoms with E-state index in [9.17, 15) is 19.5 Å². The van der Waals surface area contributed by atoms with Crippen LogP contribution in [-0.4, -0.2) is 29.3 Å². The minimum Gasteiger partial charge on any atom is -0.508 e. The molecule has 2 aliphatic rings. The number of phenolic OH excluding ortho intramolecular Hbond substituents is 1. The summed E-state index contributed by atoms with van der Waals surface area (Å²) in [7, 11) is 0. The molecule has 0 saturated carbocycles. The van der Waals surface area contributed by atoms with Gasteiger partial charge in [0.2, 0.25) is 0 Å². The molecule has 2 aromatic carbocycles. The van der Waals surface area contributed by atoms with Crippen LogP contribution in [0.15, 0.2) is 69.9 Å². The van der Waals surface area contributed by atoms with Gasteiger partial charge in [0.1, 0.15) is 22.7 Å². The highest BCUT2D eigenvalue weighted by atomic mass is 16.6. The van der Waals surface area contributed by atoms with Gasteiger partial charge < -0.3 is 19.0 Å². The van der Waals surface area contributed by atoms with Crippen LogP contribution in [0.25, 0.3) is 33.4 Å². The zero-order valence-electron chi connectivity index (χ0n) is 20.5. The molecule has 0 bridgehead atoms. The Morgan fingerprint density at radius 3 is 2.50 bits per heavy atom. The van der Waals surface area contributed by atoms with Crippen LogP contribution in [0.5, 0.6) is 5.75 Å². The molecule has 186 valence electrons. The van der Waals surface area contributed by atoms with Crippen molar-refractivity contribution >= 4 is 22.9 Å². The average Bonchev–Trinajstić information content (AvgIpc) is 2.81. The second-order valence-electron chi connectivity index (χ2n) is 9.54. The van der Waals surface area contributed by atoms with E-state index in [-0.39, 0.29) is 30.2 Å². The maximum absolute atomic E-state index is 13.1. The molecule has 0 saturated heterocycles. The Kier molecular flexibility index (Phi) is 7.10. The molecule has 1 aliphatic heterocycles. The topological polar surface area (TPSA) is 103 Å². The number of hydrogen-bond acceptors (Lipinski definition) is 7. The zero-order chi connectivity index (χ0) is 25.9. The quantitative estimate of drug-likeness (QED) is 0.195. The van der Waals surface area contributed by atoms with Gasteiger partial charge in [0.05, 0.1) is 12.2 Å². The lowest BCUT2D eigenvalue weighted by Crippen LogP contribution is -2.23. The van der Waals surface area contributed by atoms with E-state index in [0.717, 1.165) is 0 Å². The molecule has 1 heterocycles. The molecule has 7 heteroatoms. The van der Waals surface area contributed by atoms with Gasteiger partial charge in [0.25, 0.3) is 0 Å². The number of aromatic hydroxyl groups is 1. The fourth-order valence-corrected chi connectivity index (χ4v) is 4.04. The van der Waals surface area contributed by atoms with Crippen molar-refractivity contribution in [2.75, 3.05) is 6.61 Å². The first kappa shape index (κ1) is 25.0. The number of fused-ring (bicyclic) bond motifs is 2. The molecule has 2 aromatic rings. The van der Waals surface area contributed by atoms with Crippen LogP contribution >= 0.6 is 0 Å². The lowest BCUT2D eigenvalue weighted by Gasteiger charge is -2.19. The summed E-state index contributed by atoms with van der Waals surface area (Å²) in [6.45, 7) is 5.62. The van der Waals surface area contributed by atoms with Crippen LogP contribution < -0.4 is 5.43 Å². The summed E-state index contributed by atoms with van der Waals surface area (Å²) in [6, 6.07) is 16.3. The third-order valence-corrected chi connectivity index (χ3v) is 5.52. The van der Waals surface area contributed by atoms with Gasteiger partial charge in [-0.05, 0) is 69.5 Å². The number of carbonyl (C=O) groups is 2. The summed E-state index contributed by atoms with van der Waals surface area (Å²) in [4.78, 5) is 36.9. The molecule has 1 aliphatic carbocycles. The van der Waals surface area contributed by atoms with Crippen LogP contribution in [0, 0.1) is 0 Å². The molecule has 36 heavy (non-hydrogen) atoms. The highest BCUT2D eigenvalue weighted by molar-refractivity contribution is 6.07. The number of hydrogen-bond donors (Lipinski definition) is 1. The minimum atomic E-state index is -0.527. The third kappa shape index (κ3) is 5.74. The van der Waals surface area contributed by atoms with Crippen LogP contribution in [0.3, 0.4) is 0 Å². The van der Waals surface area contributed by atoms with Crippen LogP contribution in [0.1, 0.15) is 50.4 Å². The zero-order valence-corrected chi connectivity index (χ0v) is 20.5. The molecule has 0 atom stereocenters. The van der Waals surface area contributed by atoms with Crippen molar-refractivity contribution in [3.05, 3.63) is 76.5 Å². The Morgan fingerprint density at radius 2 is 1.72 bits per heavy atom. The summed E-state index contributed by atoms with van der Waals surface area (Å²) in [5.41, 5.74) is 1.97. The Hall–Kier alpha value is -4.13. The monoisotopic (exact) mass is 488 g/mol. The second-order valence-corrected chi connectivity index (χ2v) is 9.54. The van der Waals surface area contributed by atoms with Crippen molar-refractivity contribution in [1.29, 1.82) is 0 Å². The van der Waals surface area contributed by atoms with Crippen molar-refractivity contribution in [1.82, 2.24) is 0 Å². The number of rotatable bonds is 7. The molecule has 0 unspecified atom stereocenters. The normalized spacial score (nSPS) is 11.5. The molecule has 7 nitrogen and oxygen atoms in total. The first-order valence-corrected chi connectivity index (χ1v) is 11.8. The van der Waals surface area contributed by atoms with Crippen molar-refractivity contribution < 1.29 is 28.6 Å².